The van der Waals surface area contributed by atoms with E-state index in [1.807, 2.05) is 19.2 Å². The Morgan fingerprint density at radius 1 is 1.25 bits per heavy atom. The summed E-state index contributed by atoms with van der Waals surface area (Å²) >= 11 is 1.35. The molecule has 1 amide bonds. The van der Waals surface area contributed by atoms with Gasteiger partial charge in [-0.15, -0.1) is 11.3 Å². The minimum atomic E-state index is -3.76. The molecule has 10 heteroatoms. The third kappa shape index (κ3) is 5.21. The average molecular weight is 426 g/mol. The highest BCUT2D eigenvalue weighted by Crippen LogP contribution is 2.31. The van der Waals surface area contributed by atoms with Gasteiger partial charge >= 0.3 is 0 Å². The van der Waals surface area contributed by atoms with E-state index in [0.29, 0.717) is 29.8 Å². The predicted molar refractivity (Wildman–Crippen MR) is 107 cm³/mol. The maximum atomic E-state index is 12.5. The molecule has 1 aliphatic rings. The quantitative estimate of drug-likeness (QED) is 0.706. The standard InChI is InChI=1S/C18H23N3O5S2/c1-12(2)14-11-27-18(20-14)21-17(22)6-7-19-28(23,24)13-4-5-15-16(10-13)26-9-3-8-25-15/h4-5,10-12,19H,3,6-9H2,1-2H3,(H,20,21,22). The van der Waals surface area contributed by atoms with Gasteiger partial charge in [0.2, 0.25) is 15.9 Å². The van der Waals surface area contributed by atoms with Gasteiger partial charge in [-0.25, -0.2) is 18.1 Å². The number of sulfonamides is 1. The van der Waals surface area contributed by atoms with Crippen LogP contribution in [0.1, 0.15) is 38.3 Å². The van der Waals surface area contributed by atoms with Crippen molar-refractivity contribution in [1.29, 1.82) is 0 Å². The topological polar surface area (TPSA) is 107 Å². The number of ether oxygens (including phenoxy) is 2. The van der Waals surface area contributed by atoms with E-state index < -0.39 is 10.0 Å². The molecule has 0 radical (unpaired) electrons. The van der Waals surface area contributed by atoms with Gasteiger partial charge in [0.1, 0.15) is 0 Å². The number of anilines is 1. The smallest absolute Gasteiger partial charge is 0.240 e. The summed E-state index contributed by atoms with van der Waals surface area (Å²) < 4.78 is 38.4. The maximum Gasteiger partial charge on any atom is 0.240 e. The van der Waals surface area contributed by atoms with Crippen molar-refractivity contribution in [3.63, 3.8) is 0 Å². The lowest BCUT2D eigenvalue weighted by Gasteiger charge is -2.10. The van der Waals surface area contributed by atoms with Crippen molar-refractivity contribution in [2.75, 3.05) is 25.1 Å². The number of hydrogen-bond donors (Lipinski definition) is 2. The Balaban J connectivity index is 1.54. The molecule has 0 spiro atoms. The van der Waals surface area contributed by atoms with Crippen LogP contribution in [-0.2, 0) is 14.8 Å². The lowest BCUT2D eigenvalue weighted by Crippen LogP contribution is -2.27. The van der Waals surface area contributed by atoms with Crippen LogP contribution in [0.4, 0.5) is 5.13 Å². The Labute approximate surface area is 168 Å². The highest BCUT2D eigenvalue weighted by molar-refractivity contribution is 7.89. The third-order valence-corrected chi connectivity index (χ3v) is 6.27. The summed E-state index contributed by atoms with van der Waals surface area (Å²) in [5.41, 5.74) is 0.912. The molecule has 0 bridgehead atoms. The molecule has 1 aromatic heterocycles. The number of carbonyl (C=O) groups is 1. The minimum Gasteiger partial charge on any atom is -0.490 e. The van der Waals surface area contributed by atoms with E-state index in [2.05, 4.69) is 15.0 Å². The first-order valence-electron chi connectivity index (χ1n) is 9.00. The summed E-state index contributed by atoms with van der Waals surface area (Å²) in [5.74, 6) is 0.915. The zero-order valence-corrected chi connectivity index (χ0v) is 17.4. The maximum absolute atomic E-state index is 12.5. The number of benzene rings is 1. The lowest BCUT2D eigenvalue weighted by atomic mass is 10.2. The first kappa shape index (κ1) is 20.6. The van der Waals surface area contributed by atoms with Gasteiger partial charge in [-0.3, -0.25) is 4.79 Å². The van der Waals surface area contributed by atoms with Gasteiger partial charge in [-0.05, 0) is 18.1 Å². The molecule has 2 heterocycles. The first-order valence-corrected chi connectivity index (χ1v) is 11.4. The zero-order chi connectivity index (χ0) is 20.1. The van der Waals surface area contributed by atoms with Crippen LogP contribution in [0.15, 0.2) is 28.5 Å². The van der Waals surface area contributed by atoms with Crippen LogP contribution in [0, 0.1) is 0 Å². The molecule has 8 nitrogen and oxygen atoms in total. The Bertz CT molecular complexity index is 940. The van der Waals surface area contributed by atoms with Crippen molar-refractivity contribution in [1.82, 2.24) is 9.71 Å². The van der Waals surface area contributed by atoms with Crippen molar-refractivity contribution in [3.05, 3.63) is 29.3 Å². The molecule has 1 aromatic carbocycles. The third-order valence-electron chi connectivity index (χ3n) is 4.03. The van der Waals surface area contributed by atoms with Crippen molar-refractivity contribution in [2.24, 2.45) is 0 Å². The van der Waals surface area contributed by atoms with E-state index in [4.69, 9.17) is 9.47 Å². The van der Waals surface area contributed by atoms with Gasteiger partial charge in [-0.2, -0.15) is 0 Å². The van der Waals surface area contributed by atoms with Crippen LogP contribution in [0.2, 0.25) is 0 Å². The SMILES string of the molecule is CC(C)c1csc(NC(=O)CCNS(=O)(=O)c2ccc3c(c2)OCCCO3)n1. The van der Waals surface area contributed by atoms with E-state index in [1.165, 1.54) is 23.5 Å². The molecule has 0 unspecified atom stereocenters. The van der Waals surface area contributed by atoms with Crippen LogP contribution in [0.25, 0.3) is 0 Å². The summed E-state index contributed by atoms with van der Waals surface area (Å²) in [6.45, 7) is 5.03. The van der Waals surface area contributed by atoms with Gasteiger partial charge in [0.25, 0.3) is 0 Å². The van der Waals surface area contributed by atoms with Crippen LogP contribution >= 0.6 is 11.3 Å². The summed E-state index contributed by atoms with van der Waals surface area (Å²) in [4.78, 5) is 16.4. The predicted octanol–water partition coefficient (Wildman–Crippen LogP) is 2.73. The van der Waals surface area contributed by atoms with Gasteiger partial charge in [0.15, 0.2) is 16.6 Å². The van der Waals surface area contributed by atoms with Crippen LogP contribution in [0.5, 0.6) is 11.5 Å². The Kier molecular flexibility index (Phi) is 6.53. The number of rotatable bonds is 7. The highest BCUT2D eigenvalue weighted by atomic mass is 32.2. The van der Waals surface area contributed by atoms with E-state index in [0.717, 1.165) is 12.1 Å². The molecular weight excluding hydrogens is 402 g/mol. The van der Waals surface area contributed by atoms with Crippen LogP contribution < -0.4 is 19.5 Å². The number of hydrogen-bond acceptors (Lipinski definition) is 7. The second-order valence-electron chi connectivity index (χ2n) is 6.59. The Morgan fingerprint density at radius 3 is 2.71 bits per heavy atom. The highest BCUT2D eigenvalue weighted by Gasteiger charge is 2.19. The van der Waals surface area contributed by atoms with E-state index in [-0.39, 0.29) is 29.7 Å². The molecule has 152 valence electrons. The molecule has 0 fully saturated rings. The monoisotopic (exact) mass is 425 g/mol. The van der Waals surface area contributed by atoms with Crippen molar-refractivity contribution >= 4 is 32.4 Å². The summed E-state index contributed by atoms with van der Waals surface area (Å²) in [6.07, 6.45) is 0.738. The number of aromatic nitrogens is 1. The molecule has 28 heavy (non-hydrogen) atoms. The van der Waals surface area contributed by atoms with Gasteiger partial charge in [0.05, 0.1) is 23.8 Å². The van der Waals surface area contributed by atoms with Crippen molar-refractivity contribution in [3.8, 4) is 11.5 Å². The molecule has 0 saturated carbocycles. The fourth-order valence-corrected chi connectivity index (χ4v) is 4.42. The molecular formula is C18H23N3O5S2. The lowest BCUT2D eigenvalue weighted by molar-refractivity contribution is -0.116. The molecule has 2 N–H and O–H groups in total. The molecule has 3 rings (SSSR count). The largest absolute Gasteiger partial charge is 0.490 e. The number of thiazole rings is 1. The van der Waals surface area contributed by atoms with Gasteiger partial charge in [-0.1, -0.05) is 13.8 Å². The van der Waals surface area contributed by atoms with Crippen LogP contribution in [-0.4, -0.2) is 39.1 Å². The van der Waals surface area contributed by atoms with E-state index in [9.17, 15) is 13.2 Å². The second-order valence-corrected chi connectivity index (χ2v) is 9.21. The molecule has 0 atom stereocenters. The number of fused-ring (bicyclic) bond motifs is 1. The van der Waals surface area contributed by atoms with Crippen molar-refractivity contribution in [2.45, 2.75) is 37.5 Å². The van der Waals surface area contributed by atoms with E-state index in [1.54, 1.807) is 6.07 Å². The van der Waals surface area contributed by atoms with Gasteiger partial charge in [0, 0.05) is 30.8 Å². The number of nitrogens with zero attached hydrogens (tertiary/aromatic N) is 1. The summed E-state index contributed by atoms with van der Waals surface area (Å²) in [7, 11) is -3.76. The van der Waals surface area contributed by atoms with E-state index >= 15 is 0 Å². The zero-order valence-electron chi connectivity index (χ0n) is 15.7. The van der Waals surface area contributed by atoms with Crippen LogP contribution in [0.3, 0.4) is 0 Å². The second kappa shape index (κ2) is 8.89. The summed E-state index contributed by atoms with van der Waals surface area (Å²) in [6, 6.07) is 4.47. The minimum absolute atomic E-state index is 0.000371. The Morgan fingerprint density at radius 2 is 2.00 bits per heavy atom. The normalized spacial score (nSPS) is 14.0. The molecule has 0 saturated heterocycles. The fraction of sp³-hybridized carbons (Fsp3) is 0.444. The molecule has 0 aliphatic carbocycles. The summed E-state index contributed by atoms with van der Waals surface area (Å²) in [5, 5.41) is 5.10. The number of amides is 1. The Hall–Kier alpha value is -2.17. The fourth-order valence-electron chi connectivity index (χ4n) is 2.48. The molecule has 1 aliphatic heterocycles. The van der Waals surface area contributed by atoms with Gasteiger partial charge < -0.3 is 14.8 Å². The molecule has 2 aromatic rings. The number of carbonyl (C=O) groups excluding carboxylic acids is 1. The first-order chi connectivity index (χ1) is 13.3. The average Bonchev–Trinajstić information content (AvgIpc) is 2.98. The number of nitrogens with one attached hydrogen (secondary N) is 2. The van der Waals surface area contributed by atoms with Crippen molar-refractivity contribution < 1.29 is 22.7 Å².